The molecule has 15 heavy (non-hydrogen) atoms. The first-order chi connectivity index (χ1) is 7.13. The normalized spacial score (nSPS) is 11.7. The Morgan fingerprint density at radius 1 is 1.53 bits per heavy atom. The van der Waals surface area contributed by atoms with Crippen LogP contribution in [0.5, 0.6) is 0 Å². The molecule has 1 aromatic carbocycles. The molecule has 6 heteroatoms. The predicted octanol–water partition coefficient (Wildman–Crippen LogP) is -0.344. The van der Waals surface area contributed by atoms with Crippen molar-refractivity contribution >= 4 is 17.3 Å². The molecule has 0 saturated heterocycles. The minimum Gasteiger partial charge on any atom is -0.593 e. The molecule has 0 aliphatic rings. The topological polar surface area (TPSA) is 102 Å². The van der Waals surface area contributed by atoms with Gasteiger partial charge in [-0.15, -0.1) is 4.72 Å². The SMILES string of the molecule is N#Cc1ccc([S+]([O-])NCC(N)=O)cc1. The quantitative estimate of drug-likeness (QED) is 0.681. The molecule has 5 nitrogen and oxygen atoms in total. The minimum absolute atomic E-state index is 0.146. The first-order valence-corrected chi connectivity index (χ1v) is 5.22. The number of hydrogen-bond donors (Lipinski definition) is 2. The van der Waals surface area contributed by atoms with Gasteiger partial charge in [-0.25, -0.2) is 0 Å². The zero-order valence-electron chi connectivity index (χ0n) is 7.77. The van der Waals surface area contributed by atoms with Crippen molar-refractivity contribution < 1.29 is 9.35 Å². The average molecular weight is 223 g/mol. The van der Waals surface area contributed by atoms with Crippen LogP contribution in [-0.4, -0.2) is 17.0 Å². The Labute approximate surface area is 90.2 Å². The van der Waals surface area contributed by atoms with Crippen LogP contribution in [0.15, 0.2) is 29.2 Å². The van der Waals surface area contributed by atoms with Gasteiger partial charge in [0.15, 0.2) is 4.90 Å². The second kappa shape index (κ2) is 5.36. The zero-order chi connectivity index (χ0) is 11.3. The number of nitrogens with two attached hydrogens (primary N) is 1. The van der Waals surface area contributed by atoms with Gasteiger partial charge >= 0.3 is 0 Å². The van der Waals surface area contributed by atoms with E-state index >= 15 is 0 Å². The van der Waals surface area contributed by atoms with Crippen LogP contribution in [0.25, 0.3) is 0 Å². The zero-order valence-corrected chi connectivity index (χ0v) is 8.58. The molecule has 0 fully saturated rings. The molecule has 0 bridgehead atoms. The largest absolute Gasteiger partial charge is 0.593 e. The maximum absolute atomic E-state index is 11.5. The molecule has 1 unspecified atom stereocenters. The van der Waals surface area contributed by atoms with Crippen LogP contribution in [0.4, 0.5) is 0 Å². The molecular weight excluding hydrogens is 214 g/mol. The molecule has 0 aromatic heterocycles. The summed E-state index contributed by atoms with van der Waals surface area (Å²) in [4.78, 5) is 10.9. The first kappa shape index (κ1) is 11.5. The number of nitriles is 1. The van der Waals surface area contributed by atoms with E-state index in [1.807, 2.05) is 6.07 Å². The Bertz CT molecular complexity index is 385. The summed E-state index contributed by atoms with van der Waals surface area (Å²) in [6.07, 6.45) is 0. The summed E-state index contributed by atoms with van der Waals surface area (Å²) < 4.78 is 13.9. The van der Waals surface area contributed by atoms with Crippen molar-refractivity contribution in [1.82, 2.24) is 4.72 Å². The Hall–Kier alpha value is -1.55. The summed E-state index contributed by atoms with van der Waals surface area (Å²) in [5.41, 5.74) is 5.38. The van der Waals surface area contributed by atoms with E-state index in [-0.39, 0.29) is 6.54 Å². The summed E-state index contributed by atoms with van der Waals surface area (Å²) in [5.74, 6) is -0.572. The van der Waals surface area contributed by atoms with Gasteiger partial charge in [-0.2, -0.15) is 5.26 Å². The van der Waals surface area contributed by atoms with Gasteiger partial charge < -0.3 is 10.3 Å². The number of nitrogens with one attached hydrogen (secondary N) is 1. The highest BCUT2D eigenvalue weighted by molar-refractivity contribution is 7.89. The lowest BCUT2D eigenvalue weighted by atomic mass is 10.2. The molecule has 0 radical (unpaired) electrons. The number of amides is 1. The van der Waals surface area contributed by atoms with Gasteiger partial charge in [0.05, 0.1) is 23.0 Å². The van der Waals surface area contributed by atoms with Gasteiger partial charge in [0.1, 0.15) is 6.54 Å². The lowest BCUT2D eigenvalue weighted by Gasteiger charge is -2.08. The van der Waals surface area contributed by atoms with Crippen LogP contribution in [0, 0.1) is 11.3 Å². The van der Waals surface area contributed by atoms with Crippen molar-refractivity contribution in [2.45, 2.75) is 4.90 Å². The van der Waals surface area contributed by atoms with Gasteiger partial charge in [-0.3, -0.25) is 4.79 Å². The molecule has 0 spiro atoms. The maximum atomic E-state index is 11.5. The second-order valence-corrected chi connectivity index (χ2v) is 3.99. The van der Waals surface area contributed by atoms with E-state index in [1.165, 1.54) is 0 Å². The van der Waals surface area contributed by atoms with Crippen LogP contribution < -0.4 is 10.5 Å². The van der Waals surface area contributed by atoms with E-state index in [2.05, 4.69) is 4.72 Å². The van der Waals surface area contributed by atoms with Crippen molar-refractivity contribution in [3.8, 4) is 6.07 Å². The number of carbonyl (C=O) groups excluding carboxylic acids is 1. The number of primary amides is 1. The lowest BCUT2D eigenvalue weighted by molar-refractivity contribution is -0.116. The third kappa shape index (κ3) is 3.59. The molecule has 1 rings (SSSR count). The van der Waals surface area contributed by atoms with Crippen molar-refractivity contribution in [2.75, 3.05) is 6.54 Å². The van der Waals surface area contributed by atoms with Gasteiger partial charge in [0, 0.05) is 0 Å². The minimum atomic E-state index is -1.47. The molecule has 1 aromatic rings. The Morgan fingerprint density at radius 3 is 2.60 bits per heavy atom. The molecule has 0 aliphatic carbocycles. The third-order valence-corrected chi connectivity index (χ3v) is 2.68. The highest BCUT2D eigenvalue weighted by Gasteiger charge is 2.11. The summed E-state index contributed by atoms with van der Waals surface area (Å²) in [6.45, 7) is -0.146. The van der Waals surface area contributed by atoms with E-state index in [4.69, 9.17) is 11.0 Å². The van der Waals surface area contributed by atoms with E-state index in [0.717, 1.165) is 0 Å². The third-order valence-electron chi connectivity index (χ3n) is 1.57. The highest BCUT2D eigenvalue weighted by Crippen LogP contribution is 2.09. The highest BCUT2D eigenvalue weighted by atomic mass is 32.2. The van der Waals surface area contributed by atoms with Crippen molar-refractivity contribution in [3.63, 3.8) is 0 Å². The molecule has 1 atom stereocenters. The Kier molecular flexibility index (Phi) is 4.12. The van der Waals surface area contributed by atoms with E-state index in [9.17, 15) is 9.35 Å². The fraction of sp³-hybridized carbons (Fsp3) is 0.111. The lowest BCUT2D eigenvalue weighted by Crippen LogP contribution is -2.33. The standard InChI is InChI=1S/C9H9N3O2S/c10-5-7-1-3-8(4-2-7)15(14)12-6-9(11)13/h1-4,12H,6H2,(H2,11,13). The summed E-state index contributed by atoms with van der Waals surface area (Å²) in [5, 5.41) is 8.54. The number of carbonyl (C=O) groups is 1. The summed E-state index contributed by atoms with van der Waals surface area (Å²) in [6, 6.07) is 8.18. The van der Waals surface area contributed by atoms with Crippen LogP contribution in [0.1, 0.15) is 5.56 Å². The predicted molar refractivity (Wildman–Crippen MR) is 54.8 cm³/mol. The van der Waals surface area contributed by atoms with Gasteiger partial charge in [0.25, 0.3) is 0 Å². The van der Waals surface area contributed by atoms with Gasteiger partial charge in [-0.1, -0.05) is 0 Å². The van der Waals surface area contributed by atoms with Gasteiger partial charge in [-0.05, 0) is 24.3 Å². The molecule has 0 saturated carbocycles. The van der Waals surface area contributed by atoms with Crippen LogP contribution in [0.2, 0.25) is 0 Å². The summed E-state index contributed by atoms with van der Waals surface area (Å²) >= 11 is -1.47. The number of nitrogens with zero attached hydrogens (tertiary/aromatic N) is 1. The molecule has 78 valence electrons. The number of rotatable bonds is 4. The van der Waals surface area contributed by atoms with Crippen LogP contribution in [0.3, 0.4) is 0 Å². The molecular formula is C9H9N3O2S. The molecule has 3 N–H and O–H groups in total. The van der Waals surface area contributed by atoms with Crippen LogP contribution in [-0.2, 0) is 16.2 Å². The number of hydrogen-bond acceptors (Lipinski definition) is 4. The number of benzene rings is 1. The molecule has 0 heterocycles. The van der Waals surface area contributed by atoms with E-state index < -0.39 is 17.3 Å². The first-order valence-electron chi connectivity index (χ1n) is 4.07. The average Bonchev–Trinajstić information content (AvgIpc) is 2.26. The second-order valence-electron chi connectivity index (χ2n) is 2.69. The van der Waals surface area contributed by atoms with Crippen molar-refractivity contribution in [1.29, 1.82) is 5.26 Å². The monoisotopic (exact) mass is 223 g/mol. The summed E-state index contributed by atoms with van der Waals surface area (Å²) in [7, 11) is 0. The van der Waals surface area contributed by atoms with E-state index in [1.54, 1.807) is 24.3 Å². The fourth-order valence-electron chi connectivity index (χ4n) is 0.873. The van der Waals surface area contributed by atoms with Crippen molar-refractivity contribution in [3.05, 3.63) is 29.8 Å². The molecule has 0 aliphatic heterocycles. The van der Waals surface area contributed by atoms with Gasteiger partial charge in [0.2, 0.25) is 5.91 Å². The maximum Gasteiger partial charge on any atom is 0.235 e. The molecule has 1 amide bonds. The van der Waals surface area contributed by atoms with Crippen LogP contribution >= 0.6 is 0 Å². The Morgan fingerprint density at radius 2 is 2.13 bits per heavy atom. The smallest absolute Gasteiger partial charge is 0.235 e. The van der Waals surface area contributed by atoms with E-state index in [0.29, 0.717) is 10.5 Å². The fourth-order valence-corrected chi connectivity index (χ4v) is 1.70. The Balaban J connectivity index is 2.62. The van der Waals surface area contributed by atoms with Crippen molar-refractivity contribution in [2.24, 2.45) is 5.73 Å².